The summed E-state index contributed by atoms with van der Waals surface area (Å²) in [6.07, 6.45) is 1.68. The van der Waals surface area contributed by atoms with Gasteiger partial charge in [-0.15, -0.1) is 10.2 Å². The van der Waals surface area contributed by atoms with Gasteiger partial charge in [0.25, 0.3) is 0 Å². The quantitative estimate of drug-likeness (QED) is 0.688. The van der Waals surface area contributed by atoms with Gasteiger partial charge in [0.15, 0.2) is 11.5 Å². The van der Waals surface area contributed by atoms with Crippen molar-refractivity contribution in [1.82, 2.24) is 14.6 Å². The van der Waals surface area contributed by atoms with Gasteiger partial charge in [-0.25, -0.2) is 0 Å². The third-order valence-electron chi connectivity index (χ3n) is 2.65. The molecule has 0 saturated heterocycles. The zero-order valence-electron chi connectivity index (χ0n) is 9.51. The van der Waals surface area contributed by atoms with Crippen LogP contribution in [0.5, 0.6) is 0 Å². The summed E-state index contributed by atoms with van der Waals surface area (Å²) in [5.74, 6) is 0.594. The summed E-state index contributed by atoms with van der Waals surface area (Å²) >= 11 is 12.0. The fourth-order valence-electron chi connectivity index (χ4n) is 1.84. The number of nitrogens with zero attached hydrogens (tertiary/aromatic N) is 4. The standard InChI is InChI=1S/C13H6Cl2N4/c14-10-3-9(4-11(15)5-10)13-18-17-12-2-1-8(6-16)7-19(12)13/h1-5,7H. The molecular weight excluding hydrogens is 283 g/mol. The topological polar surface area (TPSA) is 54.0 Å². The van der Waals surface area contributed by atoms with Gasteiger partial charge in [-0.1, -0.05) is 23.2 Å². The predicted octanol–water partition coefficient (Wildman–Crippen LogP) is 3.57. The van der Waals surface area contributed by atoms with E-state index in [1.165, 1.54) is 0 Å². The van der Waals surface area contributed by atoms with Gasteiger partial charge in [0.1, 0.15) is 6.07 Å². The molecule has 0 fully saturated rings. The first kappa shape index (κ1) is 12.0. The van der Waals surface area contributed by atoms with Crippen LogP contribution in [-0.4, -0.2) is 14.6 Å². The minimum Gasteiger partial charge on any atom is -0.281 e. The fraction of sp³-hybridized carbons (Fsp3) is 0. The Balaban J connectivity index is 2.27. The van der Waals surface area contributed by atoms with E-state index in [2.05, 4.69) is 16.3 Å². The molecule has 6 heteroatoms. The smallest absolute Gasteiger partial charge is 0.168 e. The van der Waals surface area contributed by atoms with Crippen LogP contribution in [0, 0.1) is 11.3 Å². The number of aromatic nitrogens is 3. The van der Waals surface area contributed by atoms with Crippen LogP contribution in [-0.2, 0) is 0 Å². The lowest BCUT2D eigenvalue weighted by molar-refractivity contribution is 1.11. The third-order valence-corrected chi connectivity index (χ3v) is 3.09. The Morgan fingerprint density at radius 3 is 2.47 bits per heavy atom. The molecule has 0 aliphatic carbocycles. The van der Waals surface area contributed by atoms with Crippen LogP contribution in [0.25, 0.3) is 17.0 Å². The second-order valence-corrected chi connectivity index (χ2v) is 4.81. The second kappa shape index (κ2) is 4.54. The van der Waals surface area contributed by atoms with Crippen LogP contribution in [0.4, 0.5) is 0 Å². The zero-order chi connectivity index (χ0) is 13.4. The monoisotopic (exact) mass is 288 g/mol. The maximum atomic E-state index is 8.94. The van der Waals surface area contributed by atoms with Crippen molar-refractivity contribution in [2.75, 3.05) is 0 Å². The molecule has 2 aromatic heterocycles. The lowest BCUT2D eigenvalue weighted by atomic mass is 10.2. The summed E-state index contributed by atoms with van der Waals surface area (Å²) in [5, 5.41) is 18.1. The van der Waals surface area contributed by atoms with Crippen molar-refractivity contribution in [2.45, 2.75) is 0 Å². The van der Waals surface area contributed by atoms with Crippen molar-refractivity contribution in [3.8, 4) is 17.5 Å². The van der Waals surface area contributed by atoms with Gasteiger partial charge >= 0.3 is 0 Å². The van der Waals surface area contributed by atoms with Gasteiger partial charge in [-0.3, -0.25) is 4.40 Å². The summed E-state index contributed by atoms with van der Waals surface area (Å²) < 4.78 is 1.74. The van der Waals surface area contributed by atoms with Gasteiger partial charge in [0, 0.05) is 21.8 Å². The van der Waals surface area contributed by atoms with E-state index in [0.717, 1.165) is 5.56 Å². The van der Waals surface area contributed by atoms with Crippen LogP contribution in [0.2, 0.25) is 10.0 Å². The van der Waals surface area contributed by atoms with Crippen molar-refractivity contribution < 1.29 is 0 Å². The maximum absolute atomic E-state index is 8.94. The van der Waals surface area contributed by atoms with Crippen LogP contribution in [0.3, 0.4) is 0 Å². The molecule has 0 aliphatic rings. The van der Waals surface area contributed by atoms with Gasteiger partial charge < -0.3 is 0 Å². The Labute approximate surface area is 118 Å². The molecular formula is C13H6Cl2N4. The predicted molar refractivity (Wildman–Crippen MR) is 73.2 cm³/mol. The second-order valence-electron chi connectivity index (χ2n) is 3.94. The molecule has 0 amide bonds. The van der Waals surface area contributed by atoms with Gasteiger partial charge in [0.2, 0.25) is 0 Å². The molecule has 0 bridgehead atoms. The number of halogens is 2. The summed E-state index contributed by atoms with van der Waals surface area (Å²) in [4.78, 5) is 0. The van der Waals surface area contributed by atoms with Gasteiger partial charge in [-0.05, 0) is 30.3 Å². The van der Waals surface area contributed by atoms with E-state index in [9.17, 15) is 0 Å². The van der Waals surface area contributed by atoms with Crippen molar-refractivity contribution in [3.63, 3.8) is 0 Å². The molecule has 0 radical (unpaired) electrons. The Morgan fingerprint density at radius 1 is 1.05 bits per heavy atom. The average molecular weight is 289 g/mol. The lowest BCUT2D eigenvalue weighted by Crippen LogP contribution is -1.91. The van der Waals surface area contributed by atoms with Crippen LogP contribution < -0.4 is 0 Å². The Hall–Kier alpha value is -2.09. The van der Waals surface area contributed by atoms with Crippen LogP contribution in [0.1, 0.15) is 5.56 Å². The van der Waals surface area contributed by atoms with E-state index in [1.54, 1.807) is 40.9 Å². The van der Waals surface area contributed by atoms with E-state index >= 15 is 0 Å². The van der Waals surface area contributed by atoms with Crippen molar-refractivity contribution in [2.24, 2.45) is 0 Å². The molecule has 0 unspecified atom stereocenters. The highest BCUT2D eigenvalue weighted by Gasteiger charge is 2.10. The minimum atomic E-state index is 0.524. The number of rotatable bonds is 1. The van der Waals surface area contributed by atoms with E-state index < -0.39 is 0 Å². The molecule has 0 atom stereocenters. The molecule has 0 aliphatic heterocycles. The highest BCUT2D eigenvalue weighted by atomic mass is 35.5. The molecule has 0 N–H and O–H groups in total. The van der Waals surface area contributed by atoms with Crippen LogP contribution >= 0.6 is 23.2 Å². The van der Waals surface area contributed by atoms with E-state index in [-0.39, 0.29) is 0 Å². The van der Waals surface area contributed by atoms with Crippen LogP contribution in [0.15, 0.2) is 36.5 Å². The first-order chi connectivity index (χ1) is 9.17. The summed E-state index contributed by atoms with van der Waals surface area (Å²) in [5.41, 5.74) is 1.94. The van der Waals surface area contributed by atoms with Crippen molar-refractivity contribution >= 4 is 28.8 Å². The molecule has 4 nitrogen and oxygen atoms in total. The minimum absolute atomic E-state index is 0.524. The van der Waals surface area contributed by atoms with Gasteiger partial charge in [-0.2, -0.15) is 5.26 Å². The van der Waals surface area contributed by atoms with Gasteiger partial charge in [0.05, 0.1) is 5.56 Å². The number of benzene rings is 1. The normalized spacial score (nSPS) is 10.6. The molecule has 19 heavy (non-hydrogen) atoms. The first-order valence-electron chi connectivity index (χ1n) is 5.39. The number of fused-ring (bicyclic) bond motifs is 1. The Kier molecular flexibility index (Phi) is 2.86. The largest absolute Gasteiger partial charge is 0.281 e. The highest BCUT2D eigenvalue weighted by molar-refractivity contribution is 6.35. The fourth-order valence-corrected chi connectivity index (χ4v) is 2.36. The maximum Gasteiger partial charge on any atom is 0.168 e. The summed E-state index contributed by atoms with van der Waals surface area (Å²) in [6.45, 7) is 0. The Bertz CT molecular complexity index is 797. The number of nitriles is 1. The molecule has 2 heterocycles. The molecule has 3 rings (SSSR count). The summed E-state index contributed by atoms with van der Waals surface area (Å²) in [6, 6.07) is 10.7. The molecule has 0 spiro atoms. The van der Waals surface area contributed by atoms with Crippen molar-refractivity contribution in [1.29, 1.82) is 5.26 Å². The van der Waals surface area contributed by atoms with E-state index in [4.69, 9.17) is 28.5 Å². The van der Waals surface area contributed by atoms with E-state index in [0.29, 0.717) is 27.1 Å². The molecule has 3 aromatic rings. The van der Waals surface area contributed by atoms with E-state index in [1.807, 2.05) is 0 Å². The number of pyridine rings is 1. The average Bonchev–Trinajstić information content (AvgIpc) is 2.80. The molecule has 0 saturated carbocycles. The zero-order valence-corrected chi connectivity index (χ0v) is 11.0. The Morgan fingerprint density at radius 2 is 1.79 bits per heavy atom. The third kappa shape index (κ3) is 2.14. The van der Waals surface area contributed by atoms with Crippen molar-refractivity contribution in [3.05, 3.63) is 52.1 Å². The highest BCUT2D eigenvalue weighted by Crippen LogP contribution is 2.26. The number of hydrogen-bond acceptors (Lipinski definition) is 3. The SMILES string of the molecule is N#Cc1ccc2nnc(-c3cc(Cl)cc(Cl)c3)n2c1. The lowest BCUT2D eigenvalue weighted by Gasteiger charge is -2.02. The first-order valence-corrected chi connectivity index (χ1v) is 6.14. The summed E-state index contributed by atoms with van der Waals surface area (Å²) in [7, 11) is 0. The molecule has 92 valence electrons. The number of hydrogen-bond donors (Lipinski definition) is 0. The molecule has 1 aromatic carbocycles.